The second kappa shape index (κ2) is 6.98. The molecule has 9 heteroatoms. The van der Waals surface area contributed by atoms with Gasteiger partial charge in [-0.3, -0.25) is 0 Å². The van der Waals surface area contributed by atoms with Crippen LogP contribution in [0.2, 0.25) is 5.02 Å². The highest BCUT2D eigenvalue weighted by atomic mass is 35.5. The van der Waals surface area contributed by atoms with Crippen LogP contribution in [0.25, 0.3) is 0 Å². The zero-order chi connectivity index (χ0) is 15.3. The molecule has 0 spiro atoms. The van der Waals surface area contributed by atoms with E-state index in [9.17, 15) is 17.6 Å². The summed E-state index contributed by atoms with van der Waals surface area (Å²) in [6.45, 7) is 0.372. The summed E-state index contributed by atoms with van der Waals surface area (Å²) >= 11 is 5.64. The van der Waals surface area contributed by atoms with Gasteiger partial charge < -0.3 is 9.47 Å². The van der Waals surface area contributed by atoms with E-state index in [4.69, 9.17) is 26.2 Å². The van der Waals surface area contributed by atoms with Gasteiger partial charge in [0.15, 0.2) is 5.82 Å². The summed E-state index contributed by atoms with van der Waals surface area (Å²) in [6.07, 6.45) is 0.423. The average Bonchev–Trinajstić information content (AvgIpc) is 2.35. The number of nitrogens with two attached hydrogens (primary N) is 1. The van der Waals surface area contributed by atoms with Gasteiger partial charge in [-0.15, -0.1) is 0 Å². The van der Waals surface area contributed by atoms with Crippen molar-refractivity contribution in [3.63, 3.8) is 0 Å². The van der Waals surface area contributed by atoms with Gasteiger partial charge >= 0.3 is 5.97 Å². The first-order chi connectivity index (χ1) is 9.27. The summed E-state index contributed by atoms with van der Waals surface area (Å²) in [5.74, 6) is -2.31. The summed E-state index contributed by atoms with van der Waals surface area (Å²) in [6, 6.07) is 1.80. The first-order valence-electron chi connectivity index (χ1n) is 5.45. The molecule has 2 N–H and O–H groups in total. The average molecular weight is 326 g/mol. The third-order valence-corrected chi connectivity index (χ3v) is 3.38. The molecule has 1 rings (SSSR count). The van der Waals surface area contributed by atoms with Crippen LogP contribution in [-0.4, -0.2) is 34.7 Å². The minimum atomic E-state index is -4.33. The third kappa shape index (κ3) is 4.41. The van der Waals surface area contributed by atoms with Crippen LogP contribution < -0.4 is 5.14 Å². The van der Waals surface area contributed by atoms with Gasteiger partial charge in [-0.05, 0) is 12.1 Å². The number of rotatable bonds is 6. The van der Waals surface area contributed by atoms with Crippen molar-refractivity contribution in [3.8, 4) is 0 Å². The van der Waals surface area contributed by atoms with Crippen molar-refractivity contribution < 1.29 is 27.1 Å². The maximum atomic E-state index is 13.9. The Bertz CT molecular complexity index is 605. The van der Waals surface area contributed by atoms with Crippen molar-refractivity contribution in [1.82, 2.24) is 0 Å². The van der Waals surface area contributed by atoms with E-state index >= 15 is 0 Å². The normalized spacial score (nSPS) is 11.4. The van der Waals surface area contributed by atoms with Crippen LogP contribution in [0.1, 0.15) is 16.8 Å². The lowest BCUT2D eigenvalue weighted by Crippen LogP contribution is -2.17. The summed E-state index contributed by atoms with van der Waals surface area (Å²) in [5.41, 5.74) is -0.584. The van der Waals surface area contributed by atoms with Gasteiger partial charge in [0.25, 0.3) is 0 Å². The molecule has 112 valence electrons. The lowest BCUT2D eigenvalue weighted by Gasteiger charge is -2.08. The molecule has 0 radical (unpaired) electrons. The van der Waals surface area contributed by atoms with Crippen LogP contribution >= 0.6 is 11.6 Å². The van der Waals surface area contributed by atoms with Gasteiger partial charge in [0, 0.05) is 25.2 Å². The topological polar surface area (TPSA) is 95.7 Å². The number of sulfonamides is 1. The highest BCUT2D eigenvalue weighted by Gasteiger charge is 2.23. The summed E-state index contributed by atoms with van der Waals surface area (Å²) in [7, 11) is -2.85. The highest BCUT2D eigenvalue weighted by Crippen LogP contribution is 2.23. The molecule has 1 aromatic rings. The predicted molar refractivity (Wildman–Crippen MR) is 69.6 cm³/mol. The largest absolute Gasteiger partial charge is 0.462 e. The number of halogens is 2. The molecule has 0 aliphatic heterocycles. The molecule has 0 aromatic heterocycles. The summed E-state index contributed by atoms with van der Waals surface area (Å²) < 4.78 is 45.8. The Morgan fingerprint density at radius 3 is 2.60 bits per heavy atom. The van der Waals surface area contributed by atoms with Gasteiger partial charge in [0.05, 0.1) is 12.2 Å². The number of ether oxygens (including phenoxy) is 2. The third-order valence-electron chi connectivity index (χ3n) is 2.26. The monoisotopic (exact) mass is 325 g/mol. The molecule has 0 bridgehead atoms. The molecule has 0 amide bonds. The van der Waals surface area contributed by atoms with Crippen molar-refractivity contribution in [2.24, 2.45) is 5.14 Å². The van der Waals surface area contributed by atoms with E-state index in [0.717, 1.165) is 12.1 Å². The van der Waals surface area contributed by atoms with Gasteiger partial charge in [0.1, 0.15) is 4.90 Å². The molecule has 0 saturated heterocycles. The van der Waals surface area contributed by atoms with E-state index < -0.39 is 32.3 Å². The number of benzene rings is 1. The lowest BCUT2D eigenvalue weighted by atomic mass is 10.2. The molecule has 0 saturated carbocycles. The van der Waals surface area contributed by atoms with E-state index in [0.29, 0.717) is 13.0 Å². The Morgan fingerprint density at radius 2 is 2.05 bits per heavy atom. The molecule has 6 nitrogen and oxygen atoms in total. The number of hydrogen-bond acceptors (Lipinski definition) is 5. The molecule has 0 aliphatic carbocycles. The first-order valence-corrected chi connectivity index (χ1v) is 7.37. The molecule has 0 heterocycles. The molecule has 1 aromatic carbocycles. The van der Waals surface area contributed by atoms with Crippen LogP contribution in [0.15, 0.2) is 17.0 Å². The van der Waals surface area contributed by atoms with Gasteiger partial charge in [-0.1, -0.05) is 11.6 Å². The maximum Gasteiger partial charge on any atom is 0.341 e. The predicted octanol–water partition coefficient (Wildman–Crippen LogP) is 1.32. The lowest BCUT2D eigenvalue weighted by molar-refractivity contribution is 0.0462. The SMILES string of the molecule is COCCCOC(=O)c1cc(Cl)cc(S(N)(=O)=O)c1F. The van der Waals surface area contributed by atoms with Crippen molar-refractivity contribution in [1.29, 1.82) is 0 Å². The smallest absolute Gasteiger partial charge is 0.341 e. The number of esters is 1. The zero-order valence-electron chi connectivity index (χ0n) is 10.6. The minimum Gasteiger partial charge on any atom is -0.462 e. The Kier molecular flexibility index (Phi) is 5.88. The summed E-state index contributed by atoms with van der Waals surface area (Å²) in [5, 5.41) is 4.70. The van der Waals surface area contributed by atoms with Crippen LogP contribution in [0.3, 0.4) is 0 Å². The molecular weight excluding hydrogens is 313 g/mol. The first kappa shape index (κ1) is 16.8. The van der Waals surface area contributed by atoms with E-state index in [-0.39, 0.29) is 11.6 Å². The molecule has 0 unspecified atom stereocenters. The fourth-order valence-electron chi connectivity index (χ4n) is 1.37. The Labute approximate surface area is 120 Å². The van der Waals surface area contributed by atoms with Crippen molar-refractivity contribution in [3.05, 3.63) is 28.5 Å². The van der Waals surface area contributed by atoms with Crippen LogP contribution in [0, 0.1) is 5.82 Å². The van der Waals surface area contributed by atoms with Crippen LogP contribution in [0.4, 0.5) is 4.39 Å². The number of primary sulfonamides is 1. The fraction of sp³-hybridized carbons (Fsp3) is 0.364. The number of carbonyl (C=O) groups excluding carboxylic acids is 1. The standard InChI is InChI=1S/C11H13ClFNO5S/c1-18-3-2-4-19-11(15)8-5-7(12)6-9(10(8)13)20(14,16)17/h5-6H,2-4H2,1H3,(H2,14,16,17). The number of methoxy groups -OCH3 is 1. The molecule has 0 fully saturated rings. The summed E-state index contributed by atoms with van der Waals surface area (Å²) in [4.78, 5) is 10.8. The van der Waals surface area contributed by atoms with Gasteiger partial charge in [0.2, 0.25) is 10.0 Å². The molecule has 20 heavy (non-hydrogen) atoms. The van der Waals surface area contributed by atoms with Gasteiger partial charge in [-0.25, -0.2) is 22.7 Å². The van der Waals surface area contributed by atoms with Crippen LogP contribution in [0.5, 0.6) is 0 Å². The minimum absolute atomic E-state index is 0.00331. The number of carbonyl (C=O) groups is 1. The van der Waals surface area contributed by atoms with E-state index in [1.165, 1.54) is 7.11 Å². The number of hydrogen-bond donors (Lipinski definition) is 1. The highest BCUT2D eigenvalue weighted by molar-refractivity contribution is 7.89. The van der Waals surface area contributed by atoms with E-state index in [1.54, 1.807) is 0 Å². The van der Waals surface area contributed by atoms with Crippen molar-refractivity contribution in [2.45, 2.75) is 11.3 Å². The van der Waals surface area contributed by atoms with Gasteiger partial charge in [-0.2, -0.15) is 0 Å². The van der Waals surface area contributed by atoms with E-state index in [1.807, 2.05) is 0 Å². The van der Waals surface area contributed by atoms with Crippen LogP contribution in [-0.2, 0) is 19.5 Å². The van der Waals surface area contributed by atoms with Crippen molar-refractivity contribution >= 4 is 27.6 Å². The second-order valence-electron chi connectivity index (χ2n) is 3.79. The van der Waals surface area contributed by atoms with E-state index in [2.05, 4.69) is 0 Å². The zero-order valence-corrected chi connectivity index (χ0v) is 12.1. The Hall–Kier alpha value is -1.22. The second-order valence-corrected chi connectivity index (χ2v) is 5.76. The molecule has 0 aliphatic rings. The quantitative estimate of drug-likeness (QED) is 0.628. The maximum absolute atomic E-state index is 13.9. The molecule has 0 atom stereocenters. The van der Waals surface area contributed by atoms with Crippen molar-refractivity contribution in [2.75, 3.05) is 20.3 Å². The Morgan fingerprint density at radius 1 is 1.40 bits per heavy atom. The Balaban J connectivity index is 3.01. The molecular formula is C11H13ClFNO5S. The fourth-order valence-corrected chi connectivity index (χ4v) is 2.30.